The van der Waals surface area contributed by atoms with Crippen molar-refractivity contribution in [1.82, 2.24) is 9.97 Å². The number of rotatable bonds is 3. The van der Waals surface area contributed by atoms with Gasteiger partial charge in [-0.2, -0.15) is 0 Å². The molecule has 0 N–H and O–H groups in total. The Labute approximate surface area is 153 Å². The van der Waals surface area contributed by atoms with Crippen molar-refractivity contribution >= 4 is 34.0 Å². The lowest BCUT2D eigenvalue weighted by molar-refractivity contribution is 0.414. The third kappa shape index (κ3) is 3.04. The molecule has 0 fully saturated rings. The van der Waals surface area contributed by atoms with Gasteiger partial charge in [0.2, 0.25) is 0 Å². The van der Waals surface area contributed by atoms with Crippen molar-refractivity contribution in [2.75, 3.05) is 7.11 Å². The molecule has 4 aromatic rings. The van der Waals surface area contributed by atoms with Gasteiger partial charge in [-0.05, 0) is 60.4 Å². The third-order valence-corrected chi connectivity index (χ3v) is 4.64. The molecule has 0 spiro atoms. The molecule has 128 valence electrons. The molecule has 0 unspecified atom stereocenters. The van der Waals surface area contributed by atoms with E-state index >= 15 is 0 Å². The lowest BCUT2D eigenvalue weighted by Gasteiger charge is -2.06. The SMILES string of the molecule is COc1ccc(/C=C\c2cnc3cnc4cc(C)ccc4c3c2)c(C)c1. The van der Waals surface area contributed by atoms with Crippen LogP contribution in [0.2, 0.25) is 0 Å². The highest BCUT2D eigenvalue weighted by Gasteiger charge is 2.04. The Morgan fingerprint density at radius 1 is 0.808 bits per heavy atom. The van der Waals surface area contributed by atoms with Gasteiger partial charge in [0.1, 0.15) is 5.75 Å². The zero-order valence-corrected chi connectivity index (χ0v) is 15.2. The predicted molar refractivity (Wildman–Crippen MR) is 108 cm³/mol. The van der Waals surface area contributed by atoms with Crippen LogP contribution in [0.4, 0.5) is 0 Å². The molecule has 26 heavy (non-hydrogen) atoms. The number of ether oxygens (including phenoxy) is 1. The number of benzene rings is 2. The lowest BCUT2D eigenvalue weighted by Crippen LogP contribution is -1.88. The molecule has 0 aliphatic carbocycles. The number of methoxy groups -OCH3 is 1. The third-order valence-electron chi connectivity index (χ3n) is 4.64. The minimum Gasteiger partial charge on any atom is -0.497 e. The van der Waals surface area contributed by atoms with Crippen LogP contribution in [0, 0.1) is 13.8 Å². The molecule has 0 aliphatic heterocycles. The van der Waals surface area contributed by atoms with Crippen LogP contribution in [0.1, 0.15) is 22.3 Å². The molecule has 0 bridgehead atoms. The second-order valence-corrected chi connectivity index (χ2v) is 6.54. The maximum absolute atomic E-state index is 5.27. The smallest absolute Gasteiger partial charge is 0.119 e. The van der Waals surface area contributed by atoms with Gasteiger partial charge in [-0.1, -0.05) is 30.4 Å². The largest absolute Gasteiger partial charge is 0.497 e. The van der Waals surface area contributed by atoms with Crippen LogP contribution in [0.25, 0.3) is 34.0 Å². The summed E-state index contributed by atoms with van der Waals surface area (Å²) in [6.45, 7) is 4.17. The number of aryl methyl sites for hydroxylation is 2. The van der Waals surface area contributed by atoms with Gasteiger partial charge in [0.05, 0.1) is 24.3 Å². The number of pyridine rings is 2. The quantitative estimate of drug-likeness (QED) is 0.457. The highest BCUT2D eigenvalue weighted by molar-refractivity contribution is 6.04. The summed E-state index contributed by atoms with van der Waals surface area (Å²) in [6, 6.07) is 14.6. The normalized spacial score (nSPS) is 11.5. The zero-order valence-electron chi connectivity index (χ0n) is 15.2. The van der Waals surface area contributed by atoms with Gasteiger partial charge in [0.25, 0.3) is 0 Å². The molecule has 2 aromatic heterocycles. The molecule has 2 aromatic carbocycles. The highest BCUT2D eigenvalue weighted by Crippen LogP contribution is 2.25. The maximum atomic E-state index is 5.27. The zero-order chi connectivity index (χ0) is 18.1. The minimum absolute atomic E-state index is 0.876. The van der Waals surface area contributed by atoms with Gasteiger partial charge in [0, 0.05) is 17.0 Å². The topological polar surface area (TPSA) is 35.0 Å². The molecular formula is C23H20N2O. The fraction of sp³-hybridized carbons (Fsp3) is 0.130. The molecule has 0 saturated carbocycles. The Bertz CT molecular complexity index is 1150. The maximum Gasteiger partial charge on any atom is 0.119 e. The molecule has 3 nitrogen and oxygen atoms in total. The summed E-state index contributed by atoms with van der Waals surface area (Å²) in [7, 11) is 1.69. The molecule has 0 amide bonds. The number of fused-ring (bicyclic) bond motifs is 3. The van der Waals surface area contributed by atoms with Crippen molar-refractivity contribution in [3.63, 3.8) is 0 Å². The van der Waals surface area contributed by atoms with Crippen molar-refractivity contribution in [1.29, 1.82) is 0 Å². The number of hydrogen-bond acceptors (Lipinski definition) is 3. The lowest BCUT2D eigenvalue weighted by atomic mass is 10.0. The average Bonchev–Trinajstić information content (AvgIpc) is 2.66. The van der Waals surface area contributed by atoms with Gasteiger partial charge in [-0.3, -0.25) is 9.97 Å². The summed E-state index contributed by atoms with van der Waals surface area (Å²) < 4.78 is 5.27. The first-order valence-corrected chi connectivity index (χ1v) is 8.62. The summed E-state index contributed by atoms with van der Waals surface area (Å²) in [5.41, 5.74) is 6.55. The van der Waals surface area contributed by atoms with E-state index in [0.717, 1.165) is 33.1 Å². The minimum atomic E-state index is 0.876. The van der Waals surface area contributed by atoms with Crippen molar-refractivity contribution in [2.24, 2.45) is 0 Å². The Hall–Kier alpha value is -3.20. The van der Waals surface area contributed by atoms with Gasteiger partial charge in [-0.15, -0.1) is 0 Å². The molecule has 2 heterocycles. The standard InChI is InChI=1S/C23H20N2O/c1-15-4-9-20-21-12-17(13-24-23(21)14-25-22(20)10-15)5-6-18-7-8-19(26-3)11-16(18)2/h4-14H,1-3H3/b6-5-. The van der Waals surface area contributed by atoms with Crippen LogP contribution < -0.4 is 4.74 Å². The predicted octanol–water partition coefficient (Wildman–Crippen LogP) is 5.58. The second-order valence-electron chi connectivity index (χ2n) is 6.54. The van der Waals surface area contributed by atoms with Crippen molar-refractivity contribution in [3.8, 4) is 5.75 Å². The van der Waals surface area contributed by atoms with E-state index in [1.54, 1.807) is 7.11 Å². The van der Waals surface area contributed by atoms with Crippen molar-refractivity contribution in [2.45, 2.75) is 13.8 Å². The molecular weight excluding hydrogens is 320 g/mol. The summed E-state index contributed by atoms with van der Waals surface area (Å²) in [5.74, 6) is 0.876. The van der Waals surface area contributed by atoms with Crippen LogP contribution in [0.15, 0.2) is 54.9 Å². The number of aromatic nitrogens is 2. The van der Waals surface area contributed by atoms with Crippen LogP contribution in [0.3, 0.4) is 0 Å². The van der Waals surface area contributed by atoms with Crippen LogP contribution in [-0.2, 0) is 0 Å². The van der Waals surface area contributed by atoms with Crippen LogP contribution in [0.5, 0.6) is 5.75 Å². The summed E-state index contributed by atoms with van der Waals surface area (Å²) >= 11 is 0. The van der Waals surface area contributed by atoms with E-state index in [1.165, 1.54) is 16.7 Å². The van der Waals surface area contributed by atoms with E-state index in [4.69, 9.17) is 4.74 Å². The summed E-state index contributed by atoms with van der Waals surface area (Å²) in [6.07, 6.45) is 7.95. The van der Waals surface area contributed by atoms with E-state index in [0.29, 0.717) is 0 Å². The van der Waals surface area contributed by atoms with E-state index in [-0.39, 0.29) is 0 Å². The van der Waals surface area contributed by atoms with E-state index in [9.17, 15) is 0 Å². The Morgan fingerprint density at radius 3 is 2.46 bits per heavy atom. The molecule has 0 radical (unpaired) electrons. The first-order valence-electron chi connectivity index (χ1n) is 8.62. The summed E-state index contributed by atoms with van der Waals surface area (Å²) in [4.78, 5) is 9.11. The fourth-order valence-electron chi connectivity index (χ4n) is 3.16. The number of hydrogen-bond donors (Lipinski definition) is 0. The highest BCUT2D eigenvalue weighted by atomic mass is 16.5. The fourth-order valence-corrected chi connectivity index (χ4v) is 3.16. The Morgan fingerprint density at radius 2 is 1.65 bits per heavy atom. The molecule has 4 rings (SSSR count). The molecule has 0 saturated heterocycles. The van der Waals surface area contributed by atoms with E-state index < -0.39 is 0 Å². The monoisotopic (exact) mass is 340 g/mol. The second kappa shape index (κ2) is 6.60. The number of nitrogens with zero attached hydrogens (tertiary/aromatic N) is 2. The van der Waals surface area contributed by atoms with Crippen LogP contribution >= 0.6 is 0 Å². The van der Waals surface area contributed by atoms with Crippen LogP contribution in [-0.4, -0.2) is 17.1 Å². The first-order chi connectivity index (χ1) is 12.6. The van der Waals surface area contributed by atoms with Crippen molar-refractivity contribution in [3.05, 3.63) is 77.1 Å². The molecule has 3 heteroatoms. The summed E-state index contributed by atoms with van der Waals surface area (Å²) in [5, 5.41) is 2.26. The average molecular weight is 340 g/mol. The van der Waals surface area contributed by atoms with Gasteiger partial charge in [-0.25, -0.2) is 0 Å². The Balaban J connectivity index is 1.76. The van der Waals surface area contributed by atoms with Gasteiger partial charge in [0.15, 0.2) is 0 Å². The molecule has 0 atom stereocenters. The first kappa shape index (κ1) is 16.3. The van der Waals surface area contributed by atoms with Crippen molar-refractivity contribution < 1.29 is 4.74 Å². The van der Waals surface area contributed by atoms with Gasteiger partial charge >= 0.3 is 0 Å². The van der Waals surface area contributed by atoms with E-state index in [2.05, 4.69) is 66.3 Å². The molecule has 0 aliphatic rings. The Kier molecular flexibility index (Phi) is 4.13. The van der Waals surface area contributed by atoms with E-state index in [1.807, 2.05) is 24.5 Å². The van der Waals surface area contributed by atoms with Gasteiger partial charge < -0.3 is 4.74 Å².